The van der Waals surface area contributed by atoms with Crippen LogP contribution in [0.15, 0.2) is 48.5 Å². The number of rotatable bonds is 7. The van der Waals surface area contributed by atoms with Gasteiger partial charge in [-0.1, -0.05) is 24.3 Å². The molecule has 1 aliphatic carbocycles. The highest BCUT2D eigenvalue weighted by Crippen LogP contribution is 2.16. The normalized spacial score (nSPS) is 14.6. The first-order valence-corrected chi connectivity index (χ1v) is 8.49. The summed E-state index contributed by atoms with van der Waals surface area (Å²) < 4.78 is 13.0. The van der Waals surface area contributed by atoms with E-state index in [-0.39, 0.29) is 11.7 Å². The summed E-state index contributed by atoms with van der Waals surface area (Å²) in [5.74, 6) is -0.272. The Labute approximate surface area is 146 Å². The van der Waals surface area contributed by atoms with E-state index in [1.807, 2.05) is 24.3 Å². The lowest BCUT2D eigenvalue weighted by molar-refractivity contribution is -0.916. The minimum absolute atomic E-state index is 0.0305. The van der Waals surface area contributed by atoms with Crippen LogP contribution in [-0.4, -0.2) is 18.5 Å². The topological polar surface area (TPSA) is 57.3 Å². The van der Waals surface area contributed by atoms with Crippen molar-refractivity contribution in [3.8, 4) is 6.07 Å². The first-order chi connectivity index (χ1) is 12.1. The Balaban J connectivity index is 1.57. The molecule has 128 valence electrons. The van der Waals surface area contributed by atoms with Crippen LogP contribution in [0.3, 0.4) is 0 Å². The maximum absolute atomic E-state index is 13.0. The van der Waals surface area contributed by atoms with Crippen molar-refractivity contribution < 1.29 is 14.1 Å². The van der Waals surface area contributed by atoms with Crippen LogP contribution in [0.5, 0.6) is 0 Å². The summed E-state index contributed by atoms with van der Waals surface area (Å²) in [4.78, 5) is 13.6. The van der Waals surface area contributed by atoms with Crippen LogP contribution < -0.4 is 10.2 Å². The molecular weight excluding hydrogens is 317 g/mol. The molecule has 4 nitrogen and oxygen atoms in total. The van der Waals surface area contributed by atoms with Crippen LogP contribution in [0.25, 0.3) is 0 Å². The number of carbonyl (C=O) groups is 1. The molecule has 2 aromatic rings. The van der Waals surface area contributed by atoms with Crippen molar-refractivity contribution in [1.29, 1.82) is 5.26 Å². The van der Waals surface area contributed by atoms with Gasteiger partial charge >= 0.3 is 0 Å². The third-order valence-electron chi connectivity index (χ3n) is 4.41. The van der Waals surface area contributed by atoms with Crippen LogP contribution >= 0.6 is 0 Å². The number of hydrogen-bond donors (Lipinski definition) is 2. The molecule has 1 unspecified atom stereocenters. The Morgan fingerprint density at radius 1 is 1.12 bits per heavy atom. The molecule has 0 spiro atoms. The van der Waals surface area contributed by atoms with Gasteiger partial charge in [-0.25, -0.2) is 4.39 Å². The van der Waals surface area contributed by atoms with Gasteiger partial charge in [-0.2, -0.15) is 5.26 Å². The molecule has 1 amide bonds. The van der Waals surface area contributed by atoms with Crippen molar-refractivity contribution in [2.24, 2.45) is 0 Å². The third kappa shape index (κ3) is 5.13. The quantitative estimate of drug-likeness (QED) is 0.812. The molecule has 25 heavy (non-hydrogen) atoms. The summed E-state index contributed by atoms with van der Waals surface area (Å²) in [6.07, 6.45) is 2.63. The number of nitriles is 1. The van der Waals surface area contributed by atoms with Gasteiger partial charge in [0.25, 0.3) is 5.91 Å². The summed E-state index contributed by atoms with van der Waals surface area (Å²) in [5.41, 5.74) is 2.71. The summed E-state index contributed by atoms with van der Waals surface area (Å²) in [6.45, 7) is 1.11. The minimum Gasteiger partial charge on any atom is -0.321 e. The number of nitrogens with one attached hydrogen (secondary N) is 2. The van der Waals surface area contributed by atoms with E-state index in [0.717, 1.165) is 36.2 Å². The van der Waals surface area contributed by atoms with E-state index in [2.05, 4.69) is 11.4 Å². The predicted molar refractivity (Wildman–Crippen MR) is 93.3 cm³/mol. The molecule has 0 bridgehead atoms. The van der Waals surface area contributed by atoms with Crippen molar-refractivity contribution in [2.75, 3.05) is 11.9 Å². The van der Waals surface area contributed by atoms with E-state index in [0.29, 0.717) is 19.0 Å². The van der Waals surface area contributed by atoms with Gasteiger partial charge < -0.3 is 10.2 Å². The maximum Gasteiger partial charge on any atom is 0.279 e. The number of hydrogen-bond acceptors (Lipinski definition) is 2. The summed E-state index contributed by atoms with van der Waals surface area (Å²) in [5, 5.41) is 11.6. The lowest BCUT2D eigenvalue weighted by Gasteiger charge is -2.19. The highest BCUT2D eigenvalue weighted by molar-refractivity contribution is 5.91. The zero-order chi connectivity index (χ0) is 17.6. The van der Waals surface area contributed by atoms with Crippen LogP contribution in [0, 0.1) is 17.1 Å². The number of benzene rings is 2. The lowest BCUT2D eigenvalue weighted by Crippen LogP contribution is -3.13. The number of quaternary nitrogens is 1. The van der Waals surface area contributed by atoms with Crippen LogP contribution in [0.2, 0.25) is 0 Å². The summed E-state index contributed by atoms with van der Waals surface area (Å²) in [7, 11) is 0. The van der Waals surface area contributed by atoms with Crippen molar-refractivity contribution in [1.82, 2.24) is 0 Å². The molecule has 0 aliphatic heterocycles. The fourth-order valence-corrected chi connectivity index (χ4v) is 2.92. The van der Waals surface area contributed by atoms with E-state index < -0.39 is 0 Å². The van der Waals surface area contributed by atoms with Gasteiger partial charge in [0.05, 0.1) is 18.5 Å². The Bertz CT molecular complexity index is 761. The highest BCUT2D eigenvalue weighted by Gasteiger charge is 2.34. The van der Waals surface area contributed by atoms with E-state index in [1.165, 1.54) is 17.0 Å². The molecule has 2 N–H and O–H groups in total. The van der Waals surface area contributed by atoms with Gasteiger partial charge in [0.15, 0.2) is 6.54 Å². The summed E-state index contributed by atoms with van der Waals surface area (Å²) >= 11 is 0. The third-order valence-corrected chi connectivity index (χ3v) is 4.41. The van der Waals surface area contributed by atoms with Gasteiger partial charge in [0.2, 0.25) is 0 Å². The van der Waals surface area contributed by atoms with Crippen LogP contribution in [0.1, 0.15) is 24.0 Å². The summed E-state index contributed by atoms with van der Waals surface area (Å²) in [6, 6.07) is 16.4. The molecule has 0 radical (unpaired) electrons. The second-order valence-electron chi connectivity index (χ2n) is 6.49. The average molecular weight is 338 g/mol. The second kappa shape index (κ2) is 7.91. The van der Waals surface area contributed by atoms with Crippen molar-refractivity contribution in [3.05, 3.63) is 65.5 Å². The Morgan fingerprint density at radius 2 is 1.76 bits per heavy atom. The van der Waals surface area contributed by atoms with Crippen LogP contribution in [-0.2, 0) is 17.8 Å². The fraction of sp³-hybridized carbons (Fsp3) is 0.300. The van der Waals surface area contributed by atoms with Crippen molar-refractivity contribution in [2.45, 2.75) is 31.8 Å². The zero-order valence-corrected chi connectivity index (χ0v) is 14.0. The average Bonchev–Trinajstić information content (AvgIpc) is 3.43. The van der Waals surface area contributed by atoms with E-state index in [4.69, 9.17) is 5.26 Å². The van der Waals surface area contributed by atoms with Gasteiger partial charge in [-0.3, -0.25) is 4.79 Å². The molecule has 1 atom stereocenters. The largest absolute Gasteiger partial charge is 0.321 e. The fourth-order valence-electron chi connectivity index (χ4n) is 2.92. The SMILES string of the molecule is N#CCc1ccc(NC(=O)C[NH+](Cc2ccc(F)cc2)C2CC2)cc1. The van der Waals surface area contributed by atoms with Crippen molar-refractivity contribution >= 4 is 11.6 Å². The molecular formula is C20H21FN3O+. The molecule has 1 fully saturated rings. The molecule has 0 aromatic heterocycles. The first kappa shape index (κ1) is 17.1. The maximum atomic E-state index is 13.0. The zero-order valence-electron chi connectivity index (χ0n) is 14.0. The van der Waals surface area contributed by atoms with Gasteiger partial charge in [0, 0.05) is 24.1 Å². The minimum atomic E-state index is -0.241. The standard InChI is InChI=1S/C20H20FN3O/c21-17-5-1-16(2-6-17)13-24(19-9-10-19)14-20(25)23-18-7-3-15(4-8-18)11-12-22/h1-8,19H,9-11,13-14H2,(H,23,25)/p+1. The number of carbonyl (C=O) groups excluding carboxylic acids is 1. The van der Waals surface area contributed by atoms with Gasteiger partial charge in [-0.15, -0.1) is 0 Å². The Kier molecular flexibility index (Phi) is 5.42. The number of anilines is 1. The molecule has 0 heterocycles. The van der Waals surface area contributed by atoms with Gasteiger partial charge in [-0.05, 0) is 29.8 Å². The monoisotopic (exact) mass is 338 g/mol. The van der Waals surface area contributed by atoms with E-state index in [9.17, 15) is 9.18 Å². The predicted octanol–water partition coefficient (Wildman–Crippen LogP) is 2.08. The number of halogens is 1. The van der Waals surface area contributed by atoms with Gasteiger partial charge in [0.1, 0.15) is 12.4 Å². The molecule has 5 heteroatoms. The Hall–Kier alpha value is -2.71. The second-order valence-corrected chi connectivity index (χ2v) is 6.49. The number of nitrogens with zero attached hydrogens (tertiary/aromatic N) is 1. The van der Waals surface area contributed by atoms with Crippen LogP contribution in [0.4, 0.5) is 10.1 Å². The molecule has 0 saturated heterocycles. The lowest BCUT2D eigenvalue weighted by atomic mass is 10.1. The van der Waals surface area contributed by atoms with E-state index in [1.54, 1.807) is 12.1 Å². The first-order valence-electron chi connectivity index (χ1n) is 8.49. The molecule has 2 aromatic carbocycles. The van der Waals surface area contributed by atoms with E-state index >= 15 is 0 Å². The highest BCUT2D eigenvalue weighted by atomic mass is 19.1. The molecule has 3 rings (SSSR count). The smallest absolute Gasteiger partial charge is 0.279 e. The van der Waals surface area contributed by atoms with Crippen molar-refractivity contribution in [3.63, 3.8) is 0 Å². The number of amides is 1. The Morgan fingerprint density at radius 3 is 2.36 bits per heavy atom. The molecule has 1 aliphatic rings. The molecule has 1 saturated carbocycles.